The topological polar surface area (TPSA) is 123 Å². The number of amides is 1. The lowest BCUT2D eigenvalue weighted by atomic mass is 10.2. The van der Waals surface area contributed by atoms with Crippen LogP contribution in [0.25, 0.3) is 22.2 Å². The second kappa shape index (κ2) is 8.20. The van der Waals surface area contributed by atoms with Crippen LogP contribution in [0.1, 0.15) is 23.2 Å². The van der Waals surface area contributed by atoms with E-state index in [1.807, 2.05) is 10.6 Å². The maximum atomic E-state index is 13.0. The van der Waals surface area contributed by atoms with E-state index in [9.17, 15) is 4.79 Å². The molecule has 0 unspecified atom stereocenters. The quantitative estimate of drug-likeness (QED) is 0.568. The number of rotatable bonds is 6. The van der Waals surface area contributed by atoms with Crippen molar-refractivity contribution in [1.82, 2.24) is 19.9 Å². The Balaban J connectivity index is 1.65. The minimum atomic E-state index is -0.308. The van der Waals surface area contributed by atoms with E-state index in [-0.39, 0.29) is 12.0 Å². The summed E-state index contributed by atoms with van der Waals surface area (Å²) in [5, 5.41) is 2.84. The van der Waals surface area contributed by atoms with Gasteiger partial charge in [0.05, 0.1) is 30.3 Å². The maximum absolute atomic E-state index is 13.0. The molecule has 2 aromatic heterocycles. The Morgan fingerprint density at radius 1 is 1.23 bits per heavy atom. The van der Waals surface area contributed by atoms with Crippen molar-refractivity contribution >= 4 is 33.9 Å². The third-order valence-electron chi connectivity index (χ3n) is 5.58. The molecular formula is C21H25N5O5. The summed E-state index contributed by atoms with van der Waals surface area (Å²) in [5.41, 5.74) is 9.04. The van der Waals surface area contributed by atoms with Crippen LogP contribution in [0, 0.1) is 0 Å². The number of carbonyl (C=O) groups is 1. The van der Waals surface area contributed by atoms with Crippen LogP contribution in [0.2, 0.25) is 0 Å². The maximum Gasteiger partial charge on any atom is 0.257 e. The van der Waals surface area contributed by atoms with Crippen molar-refractivity contribution in [3.63, 3.8) is 0 Å². The molecule has 1 saturated heterocycles. The fourth-order valence-electron chi connectivity index (χ4n) is 4.07. The third kappa shape index (κ3) is 3.61. The van der Waals surface area contributed by atoms with Gasteiger partial charge in [0.25, 0.3) is 5.91 Å². The van der Waals surface area contributed by atoms with Crippen molar-refractivity contribution < 1.29 is 23.7 Å². The van der Waals surface area contributed by atoms with Crippen molar-refractivity contribution in [2.45, 2.75) is 25.5 Å². The first-order valence-electron chi connectivity index (χ1n) is 10.4. The standard InChI is InChI=1S/C21H25N5O5/c1-28-6-4-23-21(27)17-18-20(26(19(17)22)11-12-3-2-5-29-12)25-14-10-16-15(9-13(14)24-18)30-7-8-31-16/h9-10,12H,2-8,11,22H2,1H3,(H,23,27)/t12-/m1/s1. The molecule has 1 aromatic carbocycles. The summed E-state index contributed by atoms with van der Waals surface area (Å²) in [4.78, 5) is 22.5. The van der Waals surface area contributed by atoms with Crippen LogP contribution in [0.5, 0.6) is 11.5 Å². The molecule has 10 nitrogen and oxygen atoms in total. The third-order valence-corrected chi connectivity index (χ3v) is 5.58. The van der Waals surface area contributed by atoms with Gasteiger partial charge in [0, 0.05) is 32.4 Å². The van der Waals surface area contributed by atoms with E-state index in [1.54, 1.807) is 13.2 Å². The largest absolute Gasteiger partial charge is 0.486 e. The van der Waals surface area contributed by atoms with E-state index in [4.69, 9.17) is 34.6 Å². The van der Waals surface area contributed by atoms with Crippen molar-refractivity contribution in [3.05, 3.63) is 17.7 Å². The van der Waals surface area contributed by atoms with E-state index in [0.29, 0.717) is 78.0 Å². The number of nitrogens with one attached hydrogen (secondary N) is 1. The predicted octanol–water partition coefficient (Wildman–Crippen LogP) is 1.49. The van der Waals surface area contributed by atoms with Gasteiger partial charge in [0.1, 0.15) is 30.1 Å². The van der Waals surface area contributed by atoms with Crippen molar-refractivity contribution in [1.29, 1.82) is 0 Å². The molecule has 10 heteroatoms. The minimum absolute atomic E-state index is 0.0278. The lowest BCUT2D eigenvalue weighted by molar-refractivity contribution is 0.0934. The fraction of sp³-hybridized carbons (Fsp3) is 0.476. The molecule has 0 radical (unpaired) electrons. The number of anilines is 1. The molecule has 2 aliphatic rings. The number of nitrogen functional groups attached to an aromatic ring is 1. The molecule has 4 heterocycles. The highest BCUT2D eigenvalue weighted by atomic mass is 16.6. The Labute approximate surface area is 178 Å². The number of hydrogen-bond acceptors (Lipinski definition) is 8. The molecule has 0 spiro atoms. The van der Waals surface area contributed by atoms with Gasteiger partial charge in [0.15, 0.2) is 17.1 Å². The number of nitrogens with zero attached hydrogens (tertiary/aromatic N) is 3. The van der Waals surface area contributed by atoms with E-state index in [1.165, 1.54) is 0 Å². The molecule has 164 valence electrons. The van der Waals surface area contributed by atoms with Gasteiger partial charge in [-0.05, 0) is 12.8 Å². The van der Waals surface area contributed by atoms with Gasteiger partial charge < -0.3 is 34.6 Å². The highest BCUT2D eigenvalue weighted by molar-refractivity contribution is 6.10. The minimum Gasteiger partial charge on any atom is -0.486 e. The highest BCUT2D eigenvalue weighted by Crippen LogP contribution is 2.36. The number of fused-ring (bicyclic) bond motifs is 3. The number of nitrogens with two attached hydrogens (primary N) is 1. The number of aromatic nitrogens is 3. The molecule has 1 amide bonds. The van der Waals surface area contributed by atoms with Gasteiger partial charge >= 0.3 is 0 Å². The first-order valence-corrected chi connectivity index (χ1v) is 10.4. The highest BCUT2D eigenvalue weighted by Gasteiger charge is 2.27. The predicted molar refractivity (Wildman–Crippen MR) is 114 cm³/mol. The van der Waals surface area contributed by atoms with Crippen LogP contribution in [-0.4, -0.2) is 66.6 Å². The first kappa shape index (κ1) is 19.8. The van der Waals surface area contributed by atoms with Gasteiger partial charge in [-0.3, -0.25) is 4.79 Å². The molecule has 1 atom stereocenters. The van der Waals surface area contributed by atoms with E-state index >= 15 is 0 Å². The van der Waals surface area contributed by atoms with Crippen LogP contribution in [-0.2, 0) is 16.0 Å². The molecule has 2 aliphatic heterocycles. The SMILES string of the molecule is COCCNC(=O)c1c(N)n(C[C@H]2CCCO2)c2nc3cc4c(cc3nc12)OCCO4. The number of carbonyl (C=O) groups excluding carboxylic acids is 1. The molecule has 1 fully saturated rings. The molecule has 5 rings (SSSR count). The van der Waals surface area contributed by atoms with Crippen LogP contribution < -0.4 is 20.5 Å². The summed E-state index contributed by atoms with van der Waals surface area (Å²) >= 11 is 0. The van der Waals surface area contributed by atoms with Crippen molar-refractivity contribution in [2.75, 3.05) is 45.8 Å². The summed E-state index contributed by atoms with van der Waals surface area (Å²) in [6.45, 7) is 2.98. The summed E-state index contributed by atoms with van der Waals surface area (Å²) in [6, 6.07) is 3.60. The Hall–Kier alpha value is -3.11. The lowest BCUT2D eigenvalue weighted by Crippen LogP contribution is -2.28. The van der Waals surface area contributed by atoms with Crippen LogP contribution in [0.15, 0.2) is 12.1 Å². The van der Waals surface area contributed by atoms with Gasteiger partial charge in [0.2, 0.25) is 0 Å². The van der Waals surface area contributed by atoms with Gasteiger partial charge in [-0.25, -0.2) is 9.97 Å². The second-order valence-corrected chi connectivity index (χ2v) is 7.63. The molecule has 3 aromatic rings. The number of hydrogen-bond donors (Lipinski definition) is 2. The first-order chi connectivity index (χ1) is 15.2. The van der Waals surface area contributed by atoms with Crippen molar-refractivity contribution in [3.8, 4) is 11.5 Å². The van der Waals surface area contributed by atoms with E-state index in [0.717, 1.165) is 19.4 Å². The summed E-state index contributed by atoms with van der Waals surface area (Å²) in [7, 11) is 1.58. The summed E-state index contributed by atoms with van der Waals surface area (Å²) in [5.74, 6) is 1.27. The zero-order chi connectivity index (χ0) is 21.4. The summed E-state index contributed by atoms with van der Waals surface area (Å²) in [6.07, 6.45) is 1.97. The molecule has 0 saturated carbocycles. The van der Waals surface area contributed by atoms with Crippen LogP contribution >= 0.6 is 0 Å². The number of ether oxygens (including phenoxy) is 4. The Morgan fingerprint density at radius 2 is 1.97 bits per heavy atom. The Kier molecular flexibility index (Phi) is 5.24. The zero-order valence-electron chi connectivity index (χ0n) is 17.3. The molecule has 31 heavy (non-hydrogen) atoms. The lowest BCUT2D eigenvalue weighted by Gasteiger charge is -2.18. The van der Waals surface area contributed by atoms with Gasteiger partial charge in [-0.1, -0.05) is 0 Å². The molecule has 0 aliphatic carbocycles. The normalized spacial score (nSPS) is 18.0. The van der Waals surface area contributed by atoms with Crippen molar-refractivity contribution in [2.24, 2.45) is 0 Å². The number of methoxy groups -OCH3 is 1. The molecular weight excluding hydrogens is 402 g/mol. The van der Waals surface area contributed by atoms with Crippen LogP contribution in [0.4, 0.5) is 5.82 Å². The Morgan fingerprint density at radius 3 is 2.65 bits per heavy atom. The monoisotopic (exact) mass is 427 g/mol. The Bertz CT molecular complexity index is 1140. The average molecular weight is 427 g/mol. The van der Waals surface area contributed by atoms with Gasteiger partial charge in [-0.15, -0.1) is 0 Å². The van der Waals surface area contributed by atoms with Gasteiger partial charge in [-0.2, -0.15) is 0 Å². The summed E-state index contributed by atoms with van der Waals surface area (Å²) < 4.78 is 24.0. The van der Waals surface area contributed by atoms with E-state index < -0.39 is 0 Å². The molecule has 0 bridgehead atoms. The smallest absolute Gasteiger partial charge is 0.257 e. The second-order valence-electron chi connectivity index (χ2n) is 7.63. The fourth-order valence-corrected chi connectivity index (χ4v) is 4.07. The van der Waals surface area contributed by atoms with Crippen LogP contribution in [0.3, 0.4) is 0 Å². The average Bonchev–Trinajstić information content (AvgIpc) is 3.37. The zero-order valence-corrected chi connectivity index (χ0v) is 17.3. The molecule has 3 N–H and O–H groups in total. The van der Waals surface area contributed by atoms with E-state index in [2.05, 4.69) is 5.32 Å². The number of benzene rings is 1.